The van der Waals surface area contributed by atoms with Gasteiger partial charge in [0.2, 0.25) is 5.91 Å². The molecule has 0 bridgehead atoms. The molecule has 1 N–H and O–H groups in total. The van der Waals surface area contributed by atoms with E-state index in [4.69, 9.17) is 4.74 Å². The van der Waals surface area contributed by atoms with Crippen LogP contribution in [0.15, 0.2) is 77.3 Å². The van der Waals surface area contributed by atoms with Gasteiger partial charge in [0.05, 0.1) is 11.1 Å². The Balaban J connectivity index is 1.15. The summed E-state index contributed by atoms with van der Waals surface area (Å²) >= 11 is 3.40. The molecule has 5 rings (SSSR count). The van der Waals surface area contributed by atoms with Gasteiger partial charge < -0.3 is 10.1 Å². The first-order chi connectivity index (χ1) is 16.5. The number of ether oxygens (including phenoxy) is 1. The highest BCUT2D eigenvalue weighted by Crippen LogP contribution is 2.34. The van der Waals surface area contributed by atoms with Gasteiger partial charge in [-0.2, -0.15) is 0 Å². The van der Waals surface area contributed by atoms with Crippen LogP contribution in [0.4, 0.5) is 5.69 Å². The van der Waals surface area contributed by atoms with Crippen LogP contribution in [0.2, 0.25) is 0 Å². The van der Waals surface area contributed by atoms with Gasteiger partial charge in [-0.15, -0.1) is 0 Å². The van der Waals surface area contributed by atoms with Crippen molar-refractivity contribution in [3.05, 3.63) is 88.4 Å². The zero-order chi connectivity index (χ0) is 23.7. The number of hydrogen-bond acceptors (Lipinski definition) is 4. The molecule has 0 unspecified atom stereocenters. The Kier molecular flexibility index (Phi) is 6.20. The quantitative estimate of drug-likeness (QED) is 0.418. The smallest absolute Gasteiger partial charge is 0.261 e. The molecule has 34 heavy (non-hydrogen) atoms. The van der Waals surface area contributed by atoms with Crippen LogP contribution in [0.5, 0.6) is 11.5 Å². The molecule has 0 aromatic heterocycles. The second kappa shape index (κ2) is 9.43. The number of rotatable bonds is 5. The predicted molar refractivity (Wildman–Crippen MR) is 132 cm³/mol. The maximum atomic E-state index is 12.8. The van der Waals surface area contributed by atoms with Gasteiger partial charge in [0.25, 0.3) is 11.8 Å². The maximum Gasteiger partial charge on any atom is 0.261 e. The molecular weight excluding hydrogens is 496 g/mol. The minimum absolute atomic E-state index is 0.0395. The third-order valence-electron chi connectivity index (χ3n) is 6.43. The number of anilines is 1. The first-order valence-corrected chi connectivity index (χ1v) is 12.1. The molecule has 0 radical (unpaired) electrons. The highest BCUT2D eigenvalue weighted by molar-refractivity contribution is 9.10. The molecule has 2 aliphatic rings. The Morgan fingerprint density at radius 1 is 0.794 bits per heavy atom. The molecule has 0 spiro atoms. The van der Waals surface area contributed by atoms with Crippen LogP contribution < -0.4 is 10.1 Å². The summed E-state index contributed by atoms with van der Waals surface area (Å²) in [7, 11) is 0. The molecule has 172 valence electrons. The summed E-state index contributed by atoms with van der Waals surface area (Å²) in [5.41, 5.74) is 1.65. The minimum Gasteiger partial charge on any atom is -0.457 e. The number of nitrogens with one attached hydrogen (secondary N) is 1. The molecule has 1 heterocycles. The standard InChI is InChI=1S/C27H23BrN2O4/c28-18-7-13-21(14-8-18)34-22-15-9-19(10-16-22)29-25(31)17-5-11-20(12-6-17)30-26(32)23-3-1-2-4-24(23)27(30)33/h1-4,7-10,13-17,20H,5-6,11-12H2,(H,29,31). The number of benzene rings is 3. The second-order valence-electron chi connectivity index (χ2n) is 8.60. The van der Waals surface area contributed by atoms with E-state index in [0.29, 0.717) is 48.2 Å². The van der Waals surface area contributed by atoms with Gasteiger partial charge in [0, 0.05) is 22.1 Å². The molecule has 1 saturated carbocycles. The lowest BCUT2D eigenvalue weighted by Gasteiger charge is -2.32. The molecule has 3 aromatic carbocycles. The minimum atomic E-state index is -0.223. The van der Waals surface area contributed by atoms with Crippen LogP contribution in [0.3, 0.4) is 0 Å². The lowest BCUT2D eigenvalue weighted by Crippen LogP contribution is -2.43. The normalized spacial score (nSPS) is 19.6. The third kappa shape index (κ3) is 4.48. The first kappa shape index (κ1) is 22.3. The Hall–Kier alpha value is -3.45. The maximum absolute atomic E-state index is 12.8. The van der Waals surface area contributed by atoms with Crippen LogP contribution in [0, 0.1) is 5.92 Å². The van der Waals surface area contributed by atoms with E-state index in [-0.39, 0.29) is 29.7 Å². The lowest BCUT2D eigenvalue weighted by atomic mass is 9.84. The molecule has 3 amide bonds. The van der Waals surface area contributed by atoms with Gasteiger partial charge in [-0.25, -0.2) is 0 Å². The average molecular weight is 519 g/mol. The Bertz CT molecular complexity index is 1200. The zero-order valence-electron chi connectivity index (χ0n) is 18.4. The lowest BCUT2D eigenvalue weighted by molar-refractivity contribution is -0.121. The topological polar surface area (TPSA) is 75.7 Å². The molecule has 6 nitrogen and oxygen atoms in total. The number of carbonyl (C=O) groups excluding carboxylic acids is 3. The van der Waals surface area contributed by atoms with Crippen LogP contribution in [-0.2, 0) is 4.79 Å². The molecule has 1 aliphatic carbocycles. The van der Waals surface area contributed by atoms with Gasteiger partial charge in [-0.3, -0.25) is 19.3 Å². The summed E-state index contributed by atoms with van der Waals surface area (Å²) in [5, 5.41) is 2.98. The van der Waals surface area contributed by atoms with E-state index in [1.807, 2.05) is 48.5 Å². The van der Waals surface area contributed by atoms with Crippen LogP contribution in [-0.4, -0.2) is 28.7 Å². The number of nitrogens with zero attached hydrogens (tertiary/aromatic N) is 1. The molecular formula is C27H23BrN2O4. The number of carbonyl (C=O) groups is 3. The van der Waals surface area contributed by atoms with E-state index in [1.165, 1.54) is 4.90 Å². The number of imide groups is 1. The van der Waals surface area contributed by atoms with Gasteiger partial charge in [0.1, 0.15) is 11.5 Å². The predicted octanol–water partition coefficient (Wildman–Crippen LogP) is 6.03. The van der Waals surface area contributed by atoms with E-state index in [2.05, 4.69) is 21.2 Å². The van der Waals surface area contributed by atoms with E-state index in [1.54, 1.807) is 24.3 Å². The van der Waals surface area contributed by atoms with Crippen molar-refractivity contribution in [3.8, 4) is 11.5 Å². The summed E-state index contributed by atoms with van der Waals surface area (Å²) in [6.07, 6.45) is 2.52. The summed E-state index contributed by atoms with van der Waals surface area (Å²) < 4.78 is 6.80. The summed E-state index contributed by atoms with van der Waals surface area (Å²) in [4.78, 5) is 39.7. The summed E-state index contributed by atoms with van der Waals surface area (Å²) in [6.45, 7) is 0. The van der Waals surface area contributed by atoms with Crippen molar-refractivity contribution in [3.63, 3.8) is 0 Å². The zero-order valence-corrected chi connectivity index (χ0v) is 20.0. The van der Waals surface area contributed by atoms with E-state index >= 15 is 0 Å². The number of halogens is 1. The van der Waals surface area contributed by atoms with Gasteiger partial charge in [-0.1, -0.05) is 28.1 Å². The summed E-state index contributed by atoms with van der Waals surface area (Å²) in [6, 6.07) is 21.6. The second-order valence-corrected chi connectivity index (χ2v) is 9.52. The Morgan fingerprint density at radius 2 is 1.32 bits per heavy atom. The fourth-order valence-electron chi connectivity index (χ4n) is 4.63. The van der Waals surface area contributed by atoms with Crippen molar-refractivity contribution in [2.45, 2.75) is 31.7 Å². The molecule has 1 fully saturated rings. The highest BCUT2D eigenvalue weighted by Gasteiger charge is 2.41. The molecule has 3 aromatic rings. The third-order valence-corrected chi connectivity index (χ3v) is 6.96. The fourth-order valence-corrected chi connectivity index (χ4v) is 4.89. The summed E-state index contributed by atoms with van der Waals surface area (Å²) in [5.74, 6) is 0.780. The first-order valence-electron chi connectivity index (χ1n) is 11.3. The fraction of sp³-hybridized carbons (Fsp3) is 0.222. The van der Waals surface area contributed by atoms with E-state index in [9.17, 15) is 14.4 Å². The molecule has 7 heteroatoms. The van der Waals surface area contributed by atoms with Crippen molar-refractivity contribution in [2.75, 3.05) is 5.32 Å². The molecule has 1 aliphatic heterocycles. The number of hydrogen-bond donors (Lipinski definition) is 1. The van der Waals surface area contributed by atoms with Crippen molar-refractivity contribution >= 4 is 39.3 Å². The van der Waals surface area contributed by atoms with Crippen molar-refractivity contribution in [1.29, 1.82) is 0 Å². The SMILES string of the molecule is O=C(Nc1ccc(Oc2ccc(Br)cc2)cc1)C1CCC(N2C(=O)c3ccccc3C2=O)CC1. The number of fused-ring (bicyclic) bond motifs is 1. The van der Waals surface area contributed by atoms with Crippen molar-refractivity contribution in [1.82, 2.24) is 4.90 Å². The Labute approximate surface area is 206 Å². The van der Waals surface area contributed by atoms with Crippen LogP contribution in [0.25, 0.3) is 0 Å². The van der Waals surface area contributed by atoms with E-state index < -0.39 is 0 Å². The Morgan fingerprint density at radius 3 is 1.88 bits per heavy atom. The molecule has 0 saturated heterocycles. The van der Waals surface area contributed by atoms with Crippen molar-refractivity contribution < 1.29 is 19.1 Å². The van der Waals surface area contributed by atoms with Gasteiger partial charge in [0.15, 0.2) is 0 Å². The van der Waals surface area contributed by atoms with Crippen molar-refractivity contribution in [2.24, 2.45) is 5.92 Å². The largest absolute Gasteiger partial charge is 0.457 e. The number of amides is 3. The average Bonchev–Trinajstić information content (AvgIpc) is 3.12. The highest BCUT2D eigenvalue weighted by atomic mass is 79.9. The molecule has 0 atom stereocenters. The van der Waals surface area contributed by atoms with Crippen LogP contribution >= 0.6 is 15.9 Å². The van der Waals surface area contributed by atoms with Gasteiger partial charge in [-0.05, 0) is 86.3 Å². The van der Waals surface area contributed by atoms with Gasteiger partial charge >= 0.3 is 0 Å². The monoisotopic (exact) mass is 518 g/mol. The van der Waals surface area contributed by atoms with E-state index in [0.717, 1.165) is 10.2 Å². The van der Waals surface area contributed by atoms with Crippen LogP contribution in [0.1, 0.15) is 46.4 Å².